The summed E-state index contributed by atoms with van der Waals surface area (Å²) in [4.78, 5) is 15.1. The lowest BCUT2D eigenvalue weighted by atomic mass is 9.80. The van der Waals surface area contributed by atoms with E-state index in [9.17, 15) is 9.90 Å². The van der Waals surface area contributed by atoms with Crippen molar-refractivity contribution in [3.63, 3.8) is 0 Å². The van der Waals surface area contributed by atoms with Crippen LogP contribution in [0.2, 0.25) is 0 Å². The van der Waals surface area contributed by atoms with Gasteiger partial charge in [-0.1, -0.05) is 109 Å². The summed E-state index contributed by atoms with van der Waals surface area (Å²) in [6, 6.07) is 30.3. The first-order valence-corrected chi connectivity index (χ1v) is 11.9. The minimum absolute atomic E-state index is 0.0200. The Kier molecular flexibility index (Phi) is 9.42. The lowest BCUT2D eigenvalue weighted by Crippen LogP contribution is -2.46. The van der Waals surface area contributed by atoms with Crippen LogP contribution in [0.3, 0.4) is 0 Å². The van der Waals surface area contributed by atoms with Crippen LogP contribution in [0, 0.1) is 11.8 Å². The number of benzene rings is 3. The molecule has 176 valence electrons. The van der Waals surface area contributed by atoms with Gasteiger partial charge in [-0.25, -0.2) is 0 Å². The minimum Gasteiger partial charge on any atom is -0.481 e. The maximum absolute atomic E-state index is 12.8. The van der Waals surface area contributed by atoms with Crippen molar-refractivity contribution in [2.45, 2.75) is 38.9 Å². The van der Waals surface area contributed by atoms with Crippen LogP contribution in [0.5, 0.6) is 0 Å². The summed E-state index contributed by atoms with van der Waals surface area (Å²) in [5.41, 5.74) is 3.43. The summed E-state index contributed by atoms with van der Waals surface area (Å²) < 4.78 is 0. The Morgan fingerprint density at radius 1 is 0.912 bits per heavy atom. The van der Waals surface area contributed by atoms with E-state index in [-0.39, 0.29) is 18.0 Å². The highest BCUT2D eigenvalue weighted by Crippen LogP contribution is 2.33. The van der Waals surface area contributed by atoms with Gasteiger partial charge in [-0.2, -0.15) is 0 Å². The van der Waals surface area contributed by atoms with Crippen LogP contribution in [-0.2, 0) is 17.8 Å². The van der Waals surface area contributed by atoms with Crippen molar-refractivity contribution in [2.75, 3.05) is 0 Å². The SMILES string of the molecule is C=C[C@@H](Cc1ccccc1)[C@@H](C(=O)O)[C@H](/C=C/C)N(Cc1ccccc1)[C@@H](C)c1ccccc1. The Balaban J connectivity index is 2.04. The second kappa shape index (κ2) is 12.7. The third-order valence-electron chi connectivity index (χ3n) is 6.49. The number of carboxylic acids is 1. The van der Waals surface area contributed by atoms with E-state index < -0.39 is 11.9 Å². The third kappa shape index (κ3) is 6.55. The Hall–Kier alpha value is -3.43. The molecule has 1 N–H and O–H groups in total. The number of rotatable bonds is 12. The summed E-state index contributed by atoms with van der Waals surface area (Å²) in [6.45, 7) is 8.81. The van der Waals surface area contributed by atoms with Gasteiger partial charge >= 0.3 is 5.97 Å². The van der Waals surface area contributed by atoms with Crippen LogP contribution in [0.15, 0.2) is 116 Å². The number of allylic oxidation sites excluding steroid dienone is 2. The van der Waals surface area contributed by atoms with E-state index >= 15 is 0 Å². The van der Waals surface area contributed by atoms with Gasteiger partial charge in [0, 0.05) is 18.6 Å². The van der Waals surface area contributed by atoms with Crippen molar-refractivity contribution < 1.29 is 9.90 Å². The highest BCUT2D eigenvalue weighted by molar-refractivity contribution is 5.72. The van der Waals surface area contributed by atoms with Crippen molar-refractivity contribution in [1.29, 1.82) is 0 Å². The first kappa shape index (κ1) is 25.2. The second-order valence-corrected chi connectivity index (χ2v) is 8.71. The fraction of sp³-hybridized carbons (Fsp3) is 0.258. The molecule has 0 bridgehead atoms. The van der Waals surface area contributed by atoms with Crippen LogP contribution >= 0.6 is 0 Å². The van der Waals surface area contributed by atoms with E-state index in [2.05, 4.69) is 54.8 Å². The molecular weight excluding hydrogens is 418 g/mol. The Labute approximate surface area is 204 Å². The van der Waals surface area contributed by atoms with E-state index in [1.807, 2.05) is 79.7 Å². The van der Waals surface area contributed by atoms with Gasteiger partial charge in [-0.15, -0.1) is 6.58 Å². The number of hydrogen-bond donors (Lipinski definition) is 1. The number of aliphatic carboxylic acids is 1. The molecule has 0 fully saturated rings. The van der Waals surface area contributed by atoms with Crippen LogP contribution in [0.4, 0.5) is 0 Å². The summed E-state index contributed by atoms with van der Waals surface area (Å²) in [7, 11) is 0. The highest BCUT2D eigenvalue weighted by Gasteiger charge is 2.38. The van der Waals surface area contributed by atoms with Crippen LogP contribution < -0.4 is 0 Å². The van der Waals surface area contributed by atoms with E-state index in [1.54, 1.807) is 0 Å². The molecule has 0 heterocycles. The van der Waals surface area contributed by atoms with Gasteiger partial charge in [0.25, 0.3) is 0 Å². The molecule has 34 heavy (non-hydrogen) atoms. The quantitative estimate of drug-likeness (QED) is 0.302. The molecule has 4 atom stereocenters. The van der Waals surface area contributed by atoms with Crippen LogP contribution in [0.25, 0.3) is 0 Å². The lowest BCUT2D eigenvalue weighted by molar-refractivity contribution is -0.145. The lowest BCUT2D eigenvalue weighted by Gasteiger charge is -2.40. The molecule has 0 saturated carbocycles. The standard InChI is InChI=1S/C31H35NO2/c1-4-15-29(30(31(33)34)27(5-2)22-25-16-9-6-10-17-25)32(23-26-18-11-7-12-19-26)24(3)28-20-13-8-14-21-28/h4-21,24,27,29-30H,2,22-23H2,1,3H3,(H,33,34)/b15-4+/t24-,27-,29-,30+/m0/s1. The van der Waals surface area contributed by atoms with E-state index in [0.717, 1.165) is 16.7 Å². The van der Waals surface area contributed by atoms with Crippen LogP contribution in [-0.4, -0.2) is 22.0 Å². The molecule has 0 saturated heterocycles. The first-order valence-electron chi connectivity index (χ1n) is 11.9. The number of hydrogen-bond acceptors (Lipinski definition) is 2. The van der Waals surface area contributed by atoms with Gasteiger partial charge in [-0.3, -0.25) is 9.69 Å². The van der Waals surface area contributed by atoms with E-state index in [4.69, 9.17) is 0 Å². The summed E-state index contributed by atoms with van der Waals surface area (Å²) in [5.74, 6) is -1.67. The molecule has 3 rings (SSSR count). The molecule has 0 unspecified atom stereocenters. The zero-order valence-electron chi connectivity index (χ0n) is 20.1. The zero-order chi connectivity index (χ0) is 24.3. The van der Waals surface area contributed by atoms with Gasteiger partial charge in [-0.05, 0) is 42.9 Å². The molecule has 0 aliphatic rings. The Morgan fingerprint density at radius 3 is 1.94 bits per heavy atom. The molecule has 3 heteroatoms. The molecule has 0 amide bonds. The average Bonchev–Trinajstić information content (AvgIpc) is 2.87. The topological polar surface area (TPSA) is 40.5 Å². The molecule has 3 nitrogen and oxygen atoms in total. The molecule has 0 aliphatic heterocycles. The van der Waals surface area contributed by atoms with Crippen molar-refractivity contribution in [3.8, 4) is 0 Å². The van der Waals surface area contributed by atoms with Gasteiger partial charge < -0.3 is 5.11 Å². The van der Waals surface area contributed by atoms with E-state index in [0.29, 0.717) is 13.0 Å². The van der Waals surface area contributed by atoms with Gasteiger partial charge in [0.15, 0.2) is 0 Å². The van der Waals surface area contributed by atoms with Crippen molar-refractivity contribution >= 4 is 5.97 Å². The maximum Gasteiger partial charge on any atom is 0.309 e. The summed E-state index contributed by atoms with van der Waals surface area (Å²) >= 11 is 0. The molecule has 0 aromatic heterocycles. The average molecular weight is 454 g/mol. The largest absolute Gasteiger partial charge is 0.481 e. The normalized spacial score (nSPS) is 15.0. The molecule has 0 spiro atoms. The van der Waals surface area contributed by atoms with Crippen molar-refractivity contribution in [1.82, 2.24) is 4.90 Å². The Bertz CT molecular complexity index is 1050. The van der Waals surface area contributed by atoms with Crippen molar-refractivity contribution in [3.05, 3.63) is 132 Å². The molecule has 3 aromatic carbocycles. The number of carbonyl (C=O) groups is 1. The molecular formula is C31H35NO2. The van der Waals surface area contributed by atoms with Gasteiger partial charge in [0.05, 0.1) is 5.92 Å². The fourth-order valence-corrected chi connectivity index (χ4v) is 4.68. The number of nitrogens with zero attached hydrogens (tertiary/aromatic N) is 1. The smallest absolute Gasteiger partial charge is 0.309 e. The van der Waals surface area contributed by atoms with Gasteiger partial charge in [0.2, 0.25) is 0 Å². The maximum atomic E-state index is 12.8. The fourth-order valence-electron chi connectivity index (χ4n) is 4.68. The second-order valence-electron chi connectivity index (χ2n) is 8.71. The highest BCUT2D eigenvalue weighted by atomic mass is 16.4. The first-order chi connectivity index (χ1) is 16.5. The molecule has 0 radical (unpaired) electrons. The third-order valence-corrected chi connectivity index (χ3v) is 6.49. The monoisotopic (exact) mass is 453 g/mol. The summed E-state index contributed by atoms with van der Waals surface area (Å²) in [6.07, 6.45) is 6.46. The predicted octanol–water partition coefficient (Wildman–Crippen LogP) is 6.94. The van der Waals surface area contributed by atoms with Crippen molar-refractivity contribution in [2.24, 2.45) is 11.8 Å². The van der Waals surface area contributed by atoms with Gasteiger partial charge in [0.1, 0.15) is 0 Å². The van der Waals surface area contributed by atoms with Crippen LogP contribution in [0.1, 0.15) is 36.6 Å². The minimum atomic E-state index is -0.803. The van der Waals surface area contributed by atoms with E-state index in [1.165, 1.54) is 0 Å². The number of carboxylic acid groups (broad SMARTS) is 1. The summed E-state index contributed by atoms with van der Waals surface area (Å²) in [5, 5.41) is 10.5. The molecule has 0 aliphatic carbocycles. The predicted molar refractivity (Wildman–Crippen MR) is 140 cm³/mol. The Morgan fingerprint density at radius 2 is 1.44 bits per heavy atom. The zero-order valence-corrected chi connectivity index (χ0v) is 20.1. The molecule has 3 aromatic rings.